The van der Waals surface area contributed by atoms with Crippen molar-refractivity contribution in [3.05, 3.63) is 35.6 Å². The molecule has 0 aromatic heterocycles. The van der Waals surface area contributed by atoms with Gasteiger partial charge in [0, 0.05) is 0 Å². The molecule has 0 spiro atoms. The van der Waals surface area contributed by atoms with Crippen molar-refractivity contribution < 1.29 is 4.39 Å². The van der Waals surface area contributed by atoms with Gasteiger partial charge < -0.3 is 0 Å². The molecule has 0 saturated carbocycles. The van der Waals surface area contributed by atoms with Crippen LogP contribution in [0.3, 0.4) is 0 Å². The van der Waals surface area contributed by atoms with E-state index in [2.05, 4.69) is 13.8 Å². The maximum Gasteiger partial charge on any atom is 0.123 e. The molecule has 0 unspecified atom stereocenters. The number of benzene rings is 1. The summed E-state index contributed by atoms with van der Waals surface area (Å²) in [4.78, 5) is 0. The van der Waals surface area contributed by atoms with E-state index in [9.17, 15) is 4.39 Å². The summed E-state index contributed by atoms with van der Waals surface area (Å²) in [5.41, 5.74) is 1.06. The van der Waals surface area contributed by atoms with Gasteiger partial charge in [-0.3, -0.25) is 0 Å². The van der Waals surface area contributed by atoms with E-state index in [4.69, 9.17) is 0 Å². The lowest BCUT2D eigenvalue weighted by molar-refractivity contribution is 0.623. The lowest BCUT2D eigenvalue weighted by Crippen LogP contribution is -1.86. The highest BCUT2D eigenvalue weighted by Crippen LogP contribution is 2.14. The van der Waals surface area contributed by atoms with Crippen LogP contribution in [0.5, 0.6) is 0 Å². The van der Waals surface area contributed by atoms with Crippen molar-refractivity contribution in [1.29, 1.82) is 0 Å². The molecule has 0 saturated heterocycles. The molecular formula is C9H11F. The molecule has 10 heavy (non-hydrogen) atoms. The van der Waals surface area contributed by atoms with E-state index < -0.39 is 0 Å². The molecule has 0 radical (unpaired) electrons. The fourth-order valence-electron chi connectivity index (χ4n) is 0.866. The maximum atomic E-state index is 12.5. The van der Waals surface area contributed by atoms with Crippen molar-refractivity contribution in [2.75, 3.05) is 0 Å². The summed E-state index contributed by atoms with van der Waals surface area (Å²) in [5.74, 6) is 0.266. The Kier molecular flexibility index (Phi) is 2.05. The fraction of sp³-hybridized carbons (Fsp3) is 0.333. The zero-order valence-corrected chi connectivity index (χ0v) is 6.26. The largest absolute Gasteiger partial charge is 0.207 e. The van der Waals surface area contributed by atoms with E-state index in [1.54, 1.807) is 12.1 Å². The van der Waals surface area contributed by atoms with Gasteiger partial charge in [-0.25, -0.2) is 4.39 Å². The van der Waals surface area contributed by atoms with Gasteiger partial charge in [-0.2, -0.15) is 0 Å². The highest BCUT2D eigenvalue weighted by molar-refractivity contribution is 5.19. The average molecular weight is 138 g/mol. The van der Waals surface area contributed by atoms with Crippen LogP contribution in [0.4, 0.5) is 4.39 Å². The summed E-state index contributed by atoms with van der Waals surface area (Å²) >= 11 is 0. The molecule has 0 amide bonds. The third-order valence-electron chi connectivity index (χ3n) is 1.52. The quantitative estimate of drug-likeness (QED) is 0.559. The van der Waals surface area contributed by atoms with E-state index in [0.29, 0.717) is 5.92 Å². The van der Waals surface area contributed by atoms with Crippen LogP contribution in [0.15, 0.2) is 24.3 Å². The van der Waals surface area contributed by atoms with Gasteiger partial charge in [-0.15, -0.1) is 0 Å². The molecule has 0 bridgehead atoms. The molecule has 0 aliphatic heterocycles. The second-order valence-electron chi connectivity index (χ2n) is 2.71. The summed E-state index contributed by atoms with van der Waals surface area (Å²) in [5, 5.41) is 0. The first kappa shape index (κ1) is 7.26. The van der Waals surface area contributed by atoms with E-state index in [0.717, 1.165) is 5.56 Å². The third kappa shape index (κ3) is 1.56. The van der Waals surface area contributed by atoms with Crippen molar-refractivity contribution in [3.8, 4) is 0 Å². The van der Waals surface area contributed by atoms with Crippen LogP contribution in [0.25, 0.3) is 0 Å². The monoisotopic (exact) mass is 138 g/mol. The van der Waals surface area contributed by atoms with Gasteiger partial charge in [-0.05, 0) is 23.6 Å². The molecule has 0 fully saturated rings. The van der Waals surface area contributed by atoms with Gasteiger partial charge in [-0.1, -0.05) is 26.0 Å². The second kappa shape index (κ2) is 2.82. The van der Waals surface area contributed by atoms with Crippen LogP contribution < -0.4 is 0 Å². The summed E-state index contributed by atoms with van der Waals surface area (Å²) in [6.07, 6.45) is 0. The lowest BCUT2D eigenvalue weighted by atomic mass is 10.0. The van der Waals surface area contributed by atoms with E-state index >= 15 is 0 Å². The van der Waals surface area contributed by atoms with Gasteiger partial charge >= 0.3 is 0 Å². The Bertz CT molecular complexity index is 216. The molecule has 1 rings (SSSR count). The number of hydrogen-bond acceptors (Lipinski definition) is 0. The fourth-order valence-corrected chi connectivity index (χ4v) is 0.866. The lowest BCUT2D eigenvalue weighted by Gasteiger charge is -2.02. The minimum absolute atomic E-state index is 0.147. The Morgan fingerprint density at radius 3 is 2.40 bits per heavy atom. The molecule has 0 aliphatic carbocycles. The van der Waals surface area contributed by atoms with Crippen molar-refractivity contribution in [2.45, 2.75) is 19.8 Å². The van der Waals surface area contributed by atoms with Crippen LogP contribution >= 0.6 is 0 Å². The predicted octanol–water partition coefficient (Wildman–Crippen LogP) is 2.95. The minimum atomic E-state index is -0.147. The Labute approximate surface area is 60.7 Å². The highest BCUT2D eigenvalue weighted by atomic mass is 19.1. The molecule has 1 aromatic rings. The van der Waals surface area contributed by atoms with Crippen LogP contribution in [0, 0.1) is 5.82 Å². The first-order valence-electron chi connectivity index (χ1n) is 3.45. The summed E-state index contributed by atoms with van der Waals surface area (Å²) in [6, 6.07) is 6.72. The molecule has 54 valence electrons. The van der Waals surface area contributed by atoms with E-state index in [-0.39, 0.29) is 5.82 Å². The first-order chi connectivity index (χ1) is 4.70. The first-order valence-corrected chi connectivity index (χ1v) is 3.45. The van der Waals surface area contributed by atoms with Crippen LogP contribution in [0.2, 0.25) is 0 Å². The van der Waals surface area contributed by atoms with E-state index in [1.165, 1.54) is 6.07 Å². The van der Waals surface area contributed by atoms with Crippen molar-refractivity contribution in [3.63, 3.8) is 0 Å². The zero-order valence-electron chi connectivity index (χ0n) is 6.26. The molecule has 0 aliphatic rings. The smallest absolute Gasteiger partial charge is 0.123 e. The van der Waals surface area contributed by atoms with E-state index in [1.807, 2.05) is 6.07 Å². The SMILES string of the molecule is CC(C)c1cccc(F)c1. The van der Waals surface area contributed by atoms with Gasteiger partial charge in [0.1, 0.15) is 5.82 Å². The van der Waals surface area contributed by atoms with Crippen LogP contribution in [-0.4, -0.2) is 0 Å². The molecule has 0 N–H and O–H groups in total. The normalized spacial score (nSPS) is 10.4. The highest BCUT2D eigenvalue weighted by Gasteiger charge is 1.97. The summed E-state index contributed by atoms with van der Waals surface area (Å²) < 4.78 is 12.5. The van der Waals surface area contributed by atoms with Gasteiger partial charge in [0.2, 0.25) is 0 Å². The molecule has 0 heterocycles. The summed E-state index contributed by atoms with van der Waals surface area (Å²) in [7, 11) is 0. The number of rotatable bonds is 1. The second-order valence-corrected chi connectivity index (χ2v) is 2.71. The molecule has 1 aromatic carbocycles. The zero-order chi connectivity index (χ0) is 7.56. The van der Waals surface area contributed by atoms with Crippen LogP contribution in [-0.2, 0) is 0 Å². The van der Waals surface area contributed by atoms with Crippen LogP contribution in [0.1, 0.15) is 25.3 Å². The standard InChI is InChI=1S/C9H11F/c1-7(2)8-4-3-5-9(10)6-8/h3-7H,1-2H3. The predicted molar refractivity (Wildman–Crippen MR) is 40.5 cm³/mol. The van der Waals surface area contributed by atoms with Gasteiger partial charge in [0.15, 0.2) is 0 Å². The molecular weight excluding hydrogens is 127 g/mol. The van der Waals surface area contributed by atoms with Crippen molar-refractivity contribution >= 4 is 0 Å². The Balaban J connectivity index is 2.96. The van der Waals surface area contributed by atoms with Crippen molar-refractivity contribution in [1.82, 2.24) is 0 Å². The van der Waals surface area contributed by atoms with Gasteiger partial charge in [0.05, 0.1) is 0 Å². The topological polar surface area (TPSA) is 0 Å². The third-order valence-corrected chi connectivity index (χ3v) is 1.52. The summed E-state index contributed by atoms with van der Waals surface area (Å²) in [6.45, 7) is 4.10. The Morgan fingerprint density at radius 1 is 1.30 bits per heavy atom. The Morgan fingerprint density at radius 2 is 2.00 bits per heavy atom. The maximum absolute atomic E-state index is 12.5. The van der Waals surface area contributed by atoms with Crippen molar-refractivity contribution in [2.24, 2.45) is 0 Å². The molecule has 0 nitrogen and oxygen atoms in total. The Hall–Kier alpha value is -0.850. The minimum Gasteiger partial charge on any atom is -0.207 e. The van der Waals surface area contributed by atoms with Gasteiger partial charge in [0.25, 0.3) is 0 Å². The number of hydrogen-bond donors (Lipinski definition) is 0. The average Bonchev–Trinajstić information content (AvgIpc) is 1.88. The molecule has 1 heteroatoms. The number of halogens is 1. The molecule has 0 atom stereocenters.